The molecule has 2 unspecified atom stereocenters. The summed E-state index contributed by atoms with van der Waals surface area (Å²) in [7, 11) is 1.81. The molecule has 1 aromatic carbocycles. The lowest BCUT2D eigenvalue weighted by molar-refractivity contribution is 0.143. The van der Waals surface area contributed by atoms with Gasteiger partial charge in [0.15, 0.2) is 0 Å². The number of methoxy groups -OCH3 is 1. The summed E-state index contributed by atoms with van der Waals surface area (Å²) >= 11 is 0. The molecule has 0 saturated carbocycles. The third-order valence-corrected chi connectivity index (χ3v) is 4.37. The van der Waals surface area contributed by atoms with Crippen molar-refractivity contribution >= 4 is 5.69 Å². The van der Waals surface area contributed by atoms with Gasteiger partial charge in [-0.3, -0.25) is 0 Å². The predicted octanol–water partition coefficient (Wildman–Crippen LogP) is 3.61. The predicted molar refractivity (Wildman–Crippen MR) is 90.0 cm³/mol. The van der Waals surface area contributed by atoms with Crippen molar-refractivity contribution < 1.29 is 4.74 Å². The molecular weight excluding hydrogens is 260 g/mol. The van der Waals surface area contributed by atoms with Crippen LogP contribution in [0, 0.1) is 5.92 Å². The highest BCUT2D eigenvalue weighted by Crippen LogP contribution is 2.30. The molecule has 0 amide bonds. The van der Waals surface area contributed by atoms with Crippen LogP contribution in [0.25, 0.3) is 0 Å². The minimum absolute atomic E-state index is 0.406. The maximum Gasteiger partial charge on any atom is 0.0507 e. The van der Waals surface area contributed by atoms with E-state index in [1.807, 2.05) is 7.11 Å². The van der Waals surface area contributed by atoms with Crippen molar-refractivity contribution in [1.29, 1.82) is 0 Å². The molecule has 1 aliphatic rings. The van der Waals surface area contributed by atoms with E-state index in [0.29, 0.717) is 12.0 Å². The molecule has 21 heavy (non-hydrogen) atoms. The summed E-state index contributed by atoms with van der Waals surface area (Å²) in [6.07, 6.45) is 3.72. The van der Waals surface area contributed by atoms with Crippen LogP contribution in [-0.4, -0.2) is 33.4 Å². The average Bonchev–Trinajstić information content (AvgIpc) is 2.53. The van der Waals surface area contributed by atoms with Crippen LogP contribution >= 0.6 is 0 Å². The highest BCUT2D eigenvalue weighted by atomic mass is 16.5. The standard InChI is InChI=1S/C18H30N2O/c1-4-11-19-15(2)17-9-5-6-10-18(17)20-12-7-8-16(13-20)14-21-3/h5-6,9-10,15-16,19H,4,7-8,11-14H2,1-3H3. The van der Waals surface area contributed by atoms with E-state index in [-0.39, 0.29) is 0 Å². The maximum atomic E-state index is 5.36. The monoisotopic (exact) mass is 290 g/mol. The van der Waals surface area contributed by atoms with Gasteiger partial charge in [-0.25, -0.2) is 0 Å². The molecule has 3 nitrogen and oxygen atoms in total. The molecule has 0 aromatic heterocycles. The quantitative estimate of drug-likeness (QED) is 0.830. The normalized spacial score (nSPS) is 20.5. The number of benzene rings is 1. The molecule has 1 aromatic rings. The molecule has 1 fully saturated rings. The van der Waals surface area contributed by atoms with Gasteiger partial charge in [-0.2, -0.15) is 0 Å². The summed E-state index contributed by atoms with van der Waals surface area (Å²) in [5.41, 5.74) is 2.82. The zero-order valence-corrected chi connectivity index (χ0v) is 13.8. The van der Waals surface area contributed by atoms with Crippen LogP contribution in [-0.2, 0) is 4.74 Å². The van der Waals surface area contributed by atoms with Crippen molar-refractivity contribution in [2.24, 2.45) is 5.92 Å². The SMILES string of the molecule is CCCNC(C)c1ccccc1N1CCCC(COC)C1. The number of rotatable bonds is 7. The number of hydrogen-bond acceptors (Lipinski definition) is 3. The van der Waals surface area contributed by atoms with E-state index in [2.05, 4.69) is 48.3 Å². The Morgan fingerprint density at radius 2 is 2.19 bits per heavy atom. The lowest BCUT2D eigenvalue weighted by atomic mass is 9.96. The number of nitrogens with zero attached hydrogens (tertiary/aromatic N) is 1. The fourth-order valence-corrected chi connectivity index (χ4v) is 3.27. The van der Waals surface area contributed by atoms with E-state index >= 15 is 0 Å². The van der Waals surface area contributed by atoms with Gasteiger partial charge >= 0.3 is 0 Å². The van der Waals surface area contributed by atoms with Crippen molar-refractivity contribution in [2.75, 3.05) is 38.3 Å². The van der Waals surface area contributed by atoms with Crippen LogP contribution in [0.5, 0.6) is 0 Å². The third-order valence-electron chi connectivity index (χ3n) is 4.37. The van der Waals surface area contributed by atoms with Crippen molar-refractivity contribution in [3.8, 4) is 0 Å². The Hall–Kier alpha value is -1.06. The molecule has 118 valence electrons. The number of para-hydroxylation sites is 1. The summed E-state index contributed by atoms with van der Waals surface area (Å²) in [6.45, 7) is 8.71. The molecular formula is C18H30N2O. The molecule has 1 aliphatic heterocycles. The van der Waals surface area contributed by atoms with Crippen molar-refractivity contribution in [1.82, 2.24) is 5.32 Å². The maximum absolute atomic E-state index is 5.36. The summed E-state index contributed by atoms with van der Waals surface area (Å²) in [4.78, 5) is 2.55. The van der Waals surface area contributed by atoms with Gasteiger partial charge < -0.3 is 15.0 Å². The first-order valence-electron chi connectivity index (χ1n) is 8.32. The van der Waals surface area contributed by atoms with Crippen molar-refractivity contribution in [2.45, 2.75) is 39.2 Å². The molecule has 3 heteroatoms. The Kier molecular flexibility index (Phi) is 6.52. The van der Waals surface area contributed by atoms with Crippen LogP contribution in [0.4, 0.5) is 5.69 Å². The van der Waals surface area contributed by atoms with Crippen LogP contribution in [0.1, 0.15) is 44.7 Å². The van der Waals surface area contributed by atoms with Crippen molar-refractivity contribution in [3.05, 3.63) is 29.8 Å². The molecule has 0 radical (unpaired) electrons. The highest BCUT2D eigenvalue weighted by Gasteiger charge is 2.22. The first-order chi connectivity index (χ1) is 10.3. The summed E-state index contributed by atoms with van der Waals surface area (Å²) in [5.74, 6) is 0.663. The van der Waals surface area contributed by atoms with E-state index in [9.17, 15) is 0 Å². The largest absolute Gasteiger partial charge is 0.384 e. The number of anilines is 1. The molecule has 1 heterocycles. The van der Waals surface area contributed by atoms with Gasteiger partial charge in [-0.05, 0) is 50.3 Å². The van der Waals surface area contributed by atoms with Gasteiger partial charge in [0.05, 0.1) is 6.61 Å². The van der Waals surface area contributed by atoms with E-state index in [1.165, 1.54) is 30.5 Å². The molecule has 1 N–H and O–H groups in total. The van der Waals surface area contributed by atoms with Gasteiger partial charge in [-0.1, -0.05) is 25.1 Å². The van der Waals surface area contributed by atoms with Gasteiger partial charge in [0.25, 0.3) is 0 Å². The second-order valence-electron chi connectivity index (χ2n) is 6.14. The fraction of sp³-hybridized carbons (Fsp3) is 0.667. The van der Waals surface area contributed by atoms with E-state index in [0.717, 1.165) is 26.2 Å². The Labute approximate surface area is 129 Å². The first-order valence-corrected chi connectivity index (χ1v) is 8.32. The number of ether oxygens (including phenoxy) is 1. The summed E-state index contributed by atoms with van der Waals surface area (Å²) in [5, 5.41) is 3.61. The van der Waals surface area contributed by atoms with Gasteiger partial charge in [-0.15, -0.1) is 0 Å². The zero-order chi connectivity index (χ0) is 15.1. The Morgan fingerprint density at radius 1 is 1.38 bits per heavy atom. The average molecular weight is 290 g/mol. The second-order valence-corrected chi connectivity index (χ2v) is 6.14. The summed E-state index contributed by atoms with van der Waals surface area (Å²) in [6, 6.07) is 9.26. The minimum atomic E-state index is 0.406. The van der Waals surface area contributed by atoms with Crippen LogP contribution < -0.4 is 10.2 Å². The molecule has 0 spiro atoms. The number of nitrogens with one attached hydrogen (secondary N) is 1. The van der Waals surface area contributed by atoms with Crippen LogP contribution in [0.15, 0.2) is 24.3 Å². The van der Waals surface area contributed by atoms with Crippen molar-refractivity contribution in [3.63, 3.8) is 0 Å². The second kappa shape index (κ2) is 8.40. The van der Waals surface area contributed by atoms with Crippen LogP contribution in [0.2, 0.25) is 0 Å². The molecule has 1 saturated heterocycles. The smallest absolute Gasteiger partial charge is 0.0507 e. The Morgan fingerprint density at radius 3 is 2.95 bits per heavy atom. The number of piperidine rings is 1. The van der Waals surface area contributed by atoms with E-state index in [4.69, 9.17) is 4.74 Å². The number of hydrogen-bond donors (Lipinski definition) is 1. The Bertz CT molecular complexity index is 419. The fourth-order valence-electron chi connectivity index (χ4n) is 3.27. The molecule has 0 aliphatic carbocycles. The minimum Gasteiger partial charge on any atom is -0.384 e. The zero-order valence-electron chi connectivity index (χ0n) is 13.8. The van der Waals surface area contributed by atoms with Gasteiger partial charge in [0.2, 0.25) is 0 Å². The van der Waals surface area contributed by atoms with E-state index in [1.54, 1.807) is 0 Å². The summed E-state index contributed by atoms with van der Waals surface area (Å²) < 4.78 is 5.36. The lowest BCUT2D eigenvalue weighted by Crippen LogP contribution is -2.38. The molecule has 0 bridgehead atoms. The van der Waals surface area contributed by atoms with Crippen LogP contribution in [0.3, 0.4) is 0 Å². The lowest BCUT2D eigenvalue weighted by Gasteiger charge is -2.36. The molecule has 2 rings (SSSR count). The van der Waals surface area contributed by atoms with E-state index < -0.39 is 0 Å². The van der Waals surface area contributed by atoms with Gasteiger partial charge in [0, 0.05) is 31.9 Å². The topological polar surface area (TPSA) is 24.5 Å². The third kappa shape index (κ3) is 4.45. The Balaban J connectivity index is 2.11. The first kappa shape index (κ1) is 16.3. The van der Waals surface area contributed by atoms with Gasteiger partial charge in [0.1, 0.15) is 0 Å². The molecule has 2 atom stereocenters. The highest BCUT2D eigenvalue weighted by molar-refractivity contribution is 5.55.